The summed E-state index contributed by atoms with van der Waals surface area (Å²) in [5.74, 6) is -0.262. The lowest BCUT2D eigenvalue weighted by molar-refractivity contribution is -0.124. The van der Waals surface area contributed by atoms with Crippen molar-refractivity contribution in [1.82, 2.24) is 10.3 Å². The number of thiazole rings is 1. The van der Waals surface area contributed by atoms with E-state index in [2.05, 4.69) is 17.2 Å². The summed E-state index contributed by atoms with van der Waals surface area (Å²) in [6.45, 7) is 6.03. The molecule has 0 aliphatic heterocycles. The first-order chi connectivity index (χ1) is 8.89. The third kappa shape index (κ3) is 4.19. The molecule has 1 fully saturated rings. The maximum atomic E-state index is 11.7. The van der Waals surface area contributed by atoms with Crippen molar-refractivity contribution in [2.24, 2.45) is 5.73 Å². The average molecular weight is 299 g/mol. The van der Waals surface area contributed by atoms with E-state index in [9.17, 15) is 4.79 Å². The summed E-state index contributed by atoms with van der Waals surface area (Å²) in [7, 11) is 0. The number of nitrogens with zero attached hydrogens (tertiary/aromatic N) is 1. The Balaban J connectivity index is 1.94. The molecule has 3 N–H and O–H groups in total. The van der Waals surface area contributed by atoms with Crippen LogP contribution in [-0.2, 0) is 4.79 Å². The molecule has 1 heterocycles. The summed E-state index contributed by atoms with van der Waals surface area (Å²) in [6, 6.07) is 0.469. The fourth-order valence-electron chi connectivity index (χ4n) is 2.08. The smallest absolute Gasteiger partial charge is 0.237 e. The minimum atomic E-state index is -0.611. The number of aryl methyl sites for hydroxylation is 1. The van der Waals surface area contributed by atoms with E-state index in [4.69, 9.17) is 5.73 Å². The SMILES string of the molecule is Cc1csc(SC(C)CC(C)(NC2CC2)C(N)=O)n1. The molecule has 1 aliphatic carbocycles. The predicted molar refractivity (Wildman–Crippen MR) is 80.5 cm³/mol. The Bertz CT molecular complexity index is 458. The van der Waals surface area contributed by atoms with Gasteiger partial charge in [-0.05, 0) is 33.1 Å². The number of carbonyl (C=O) groups excluding carboxylic acids is 1. The van der Waals surface area contributed by atoms with E-state index in [-0.39, 0.29) is 5.91 Å². The van der Waals surface area contributed by atoms with Gasteiger partial charge in [-0.3, -0.25) is 4.79 Å². The molecule has 4 nitrogen and oxygen atoms in total. The van der Waals surface area contributed by atoms with Crippen LogP contribution in [-0.4, -0.2) is 27.7 Å². The second kappa shape index (κ2) is 5.81. The van der Waals surface area contributed by atoms with Crippen molar-refractivity contribution in [2.45, 2.75) is 61.2 Å². The van der Waals surface area contributed by atoms with Crippen LogP contribution in [0.4, 0.5) is 0 Å². The molecule has 1 aromatic rings. The van der Waals surface area contributed by atoms with Gasteiger partial charge >= 0.3 is 0 Å². The predicted octanol–water partition coefficient (Wildman–Crippen LogP) is 2.32. The molecular formula is C13H21N3OS2. The van der Waals surface area contributed by atoms with Crippen molar-refractivity contribution in [3.8, 4) is 0 Å². The molecule has 0 saturated heterocycles. The van der Waals surface area contributed by atoms with Crippen LogP contribution >= 0.6 is 23.1 Å². The highest BCUT2D eigenvalue weighted by Gasteiger charge is 2.38. The topological polar surface area (TPSA) is 68.0 Å². The fraction of sp³-hybridized carbons (Fsp3) is 0.692. The zero-order valence-corrected chi connectivity index (χ0v) is 13.2. The van der Waals surface area contributed by atoms with Crippen LogP contribution in [0.2, 0.25) is 0 Å². The second-order valence-corrected chi connectivity index (χ2v) is 8.05. The van der Waals surface area contributed by atoms with Gasteiger partial charge in [0.25, 0.3) is 0 Å². The van der Waals surface area contributed by atoms with Crippen LogP contribution in [0, 0.1) is 6.92 Å². The number of thioether (sulfide) groups is 1. The molecule has 0 aromatic carbocycles. The third-order valence-electron chi connectivity index (χ3n) is 3.24. The standard InChI is InChI=1S/C13H21N3OS2/c1-8-7-18-12(15-8)19-9(2)6-13(3,11(14)17)16-10-4-5-10/h7,9-10,16H,4-6H2,1-3H3,(H2,14,17). The molecule has 0 radical (unpaired) electrons. The molecule has 1 aromatic heterocycles. The number of nitrogens with two attached hydrogens (primary N) is 1. The van der Waals surface area contributed by atoms with Gasteiger partial charge < -0.3 is 11.1 Å². The number of rotatable bonds is 7. The van der Waals surface area contributed by atoms with E-state index in [1.54, 1.807) is 23.1 Å². The second-order valence-electron chi connectivity index (χ2n) is 5.50. The summed E-state index contributed by atoms with van der Waals surface area (Å²) in [5, 5.41) is 5.73. The van der Waals surface area contributed by atoms with Crippen LogP contribution in [0.3, 0.4) is 0 Å². The van der Waals surface area contributed by atoms with Crippen LogP contribution < -0.4 is 11.1 Å². The largest absolute Gasteiger partial charge is 0.368 e. The van der Waals surface area contributed by atoms with Gasteiger partial charge in [-0.15, -0.1) is 11.3 Å². The highest BCUT2D eigenvalue weighted by Crippen LogP contribution is 2.32. The summed E-state index contributed by atoms with van der Waals surface area (Å²) in [6.07, 6.45) is 3.02. The van der Waals surface area contributed by atoms with Gasteiger partial charge in [0.2, 0.25) is 5.91 Å². The molecule has 2 unspecified atom stereocenters. The van der Waals surface area contributed by atoms with Crippen LogP contribution in [0.1, 0.15) is 38.8 Å². The number of carbonyl (C=O) groups is 1. The van der Waals surface area contributed by atoms with E-state index in [1.165, 1.54) is 0 Å². The summed E-state index contributed by atoms with van der Waals surface area (Å²) < 4.78 is 1.06. The summed E-state index contributed by atoms with van der Waals surface area (Å²) in [4.78, 5) is 16.2. The molecule has 6 heteroatoms. The van der Waals surface area contributed by atoms with Crippen LogP contribution in [0.15, 0.2) is 9.72 Å². The zero-order valence-electron chi connectivity index (χ0n) is 11.6. The zero-order chi connectivity index (χ0) is 14.0. The number of aromatic nitrogens is 1. The van der Waals surface area contributed by atoms with Gasteiger partial charge in [-0.1, -0.05) is 18.7 Å². The van der Waals surface area contributed by atoms with Gasteiger partial charge in [0, 0.05) is 22.4 Å². The third-order valence-corrected chi connectivity index (χ3v) is 5.43. The first-order valence-electron chi connectivity index (χ1n) is 6.55. The van der Waals surface area contributed by atoms with Gasteiger partial charge in [0.05, 0.1) is 5.54 Å². The molecule has 1 aliphatic rings. The summed E-state index contributed by atoms with van der Waals surface area (Å²) >= 11 is 3.37. The van der Waals surface area contributed by atoms with Crippen LogP contribution in [0.5, 0.6) is 0 Å². The molecule has 1 saturated carbocycles. The Morgan fingerprint density at radius 2 is 2.42 bits per heavy atom. The van der Waals surface area contributed by atoms with Crippen molar-refractivity contribution in [3.05, 3.63) is 11.1 Å². The molecule has 0 spiro atoms. The average Bonchev–Trinajstić information content (AvgIpc) is 3.00. The number of amides is 1. The first kappa shape index (κ1) is 14.8. The number of primary amides is 1. The maximum Gasteiger partial charge on any atom is 0.237 e. The minimum absolute atomic E-state index is 0.262. The van der Waals surface area contributed by atoms with Crippen molar-refractivity contribution in [1.29, 1.82) is 0 Å². The van der Waals surface area contributed by atoms with Crippen molar-refractivity contribution >= 4 is 29.0 Å². The van der Waals surface area contributed by atoms with Crippen LogP contribution in [0.25, 0.3) is 0 Å². The molecule has 106 valence electrons. The molecule has 2 atom stereocenters. The Labute approximate surface area is 122 Å². The Kier molecular flexibility index (Phi) is 4.53. The lowest BCUT2D eigenvalue weighted by atomic mass is 9.95. The quantitative estimate of drug-likeness (QED) is 0.758. The highest BCUT2D eigenvalue weighted by molar-refractivity contribution is 8.01. The minimum Gasteiger partial charge on any atom is -0.368 e. The number of nitrogens with one attached hydrogen (secondary N) is 1. The van der Waals surface area contributed by atoms with Gasteiger partial charge in [-0.2, -0.15) is 0 Å². The number of hydrogen-bond donors (Lipinski definition) is 2. The Hall–Kier alpha value is -0.590. The lowest BCUT2D eigenvalue weighted by Crippen LogP contribution is -2.55. The number of hydrogen-bond acceptors (Lipinski definition) is 5. The van der Waals surface area contributed by atoms with Crippen molar-refractivity contribution < 1.29 is 4.79 Å². The maximum absolute atomic E-state index is 11.7. The summed E-state index contributed by atoms with van der Waals surface area (Å²) in [5.41, 5.74) is 6.01. The normalized spacial score (nSPS) is 19.9. The molecule has 0 bridgehead atoms. The van der Waals surface area contributed by atoms with E-state index in [0.717, 1.165) is 29.3 Å². The first-order valence-corrected chi connectivity index (χ1v) is 8.31. The van der Waals surface area contributed by atoms with Crippen molar-refractivity contribution in [3.63, 3.8) is 0 Å². The monoisotopic (exact) mass is 299 g/mol. The fourth-order valence-corrected chi connectivity index (χ4v) is 4.42. The molecular weight excluding hydrogens is 278 g/mol. The van der Waals surface area contributed by atoms with Gasteiger partial charge in [0.1, 0.15) is 4.34 Å². The van der Waals surface area contributed by atoms with Gasteiger partial charge in [-0.25, -0.2) is 4.98 Å². The molecule has 1 amide bonds. The van der Waals surface area contributed by atoms with E-state index >= 15 is 0 Å². The van der Waals surface area contributed by atoms with E-state index in [0.29, 0.717) is 11.3 Å². The van der Waals surface area contributed by atoms with Gasteiger partial charge in [0.15, 0.2) is 0 Å². The Morgan fingerprint density at radius 1 is 1.74 bits per heavy atom. The van der Waals surface area contributed by atoms with E-state index < -0.39 is 5.54 Å². The lowest BCUT2D eigenvalue weighted by Gasteiger charge is -2.30. The molecule has 19 heavy (non-hydrogen) atoms. The molecule has 2 rings (SSSR count). The van der Waals surface area contributed by atoms with E-state index in [1.807, 2.05) is 19.2 Å². The van der Waals surface area contributed by atoms with Crippen molar-refractivity contribution in [2.75, 3.05) is 0 Å². The Morgan fingerprint density at radius 3 is 2.89 bits per heavy atom. The highest BCUT2D eigenvalue weighted by atomic mass is 32.2.